The quantitative estimate of drug-likeness (QED) is 0.871. The molecule has 1 aliphatic rings. The highest BCUT2D eigenvalue weighted by Gasteiger charge is 2.28. The SMILES string of the molecule is CC(=O)N1CC(CO)CCCC1c1ccccc1. The van der Waals surface area contributed by atoms with Gasteiger partial charge in [0.1, 0.15) is 0 Å². The Kier molecular flexibility index (Phi) is 4.37. The molecule has 1 saturated heterocycles. The van der Waals surface area contributed by atoms with Crippen LogP contribution in [0.5, 0.6) is 0 Å². The molecule has 2 rings (SSSR count). The Labute approximate surface area is 108 Å². The third-order valence-corrected chi connectivity index (χ3v) is 3.77. The monoisotopic (exact) mass is 247 g/mol. The highest BCUT2D eigenvalue weighted by Crippen LogP contribution is 2.31. The molecule has 0 aliphatic carbocycles. The molecule has 0 bridgehead atoms. The Hall–Kier alpha value is -1.35. The summed E-state index contributed by atoms with van der Waals surface area (Å²) in [6, 6.07) is 10.4. The van der Waals surface area contributed by atoms with Gasteiger partial charge in [0, 0.05) is 20.1 Å². The summed E-state index contributed by atoms with van der Waals surface area (Å²) in [5.41, 5.74) is 1.20. The molecule has 1 aromatic carbocycles. The van der Waals surface area contributed by atoms with Crippen LogP contribution in [0.2, 0.25) is 0 Å². The van der Waals surface area contributed by atoms with Gasteiger partial charge in [-0.25, -0.2) is 0 Å². The highest BCUT2D eigenvalue weighted by atomic mass is 16.3. The largest absolute Gasteiger partial charge is 0.396 e. The predicted octanol–water partition coefficient (Wildman–Crippen LogP) is 2.37. The van der Waals surface area contributed by atoms with Crippen molar-refractivity contribution in [3.63, 3.8) is 0 Å². The Morgan fingerprint density at radius 1 is 1.33 bits per heavy atom. The van der Waals surface area contributed by atoms with E-state index in [2.05, 4.69) is 12.1 Å². The van der Waals surface area contributed by atoms with Crippen LogP contribution in [-0.4, -0.2) is 29.1 Å². The Balaban J connectivity index is 2.23. The van der Waals surface area contributed by atoms with Crippen LogP contribution >= 0.6 is 0 Å². The zero-order chi connectivity index (χ0) is 13.0. The van der Waals surface area contributed by atoms with E-state index in [-0.39, 0.29) is 24.5 Å². The van der Waals surface area contributed by atoms with Crippen molar-refractivity contribution in [2.75, 3.05) is 13.2 Å². The molecule has 1 heterocycles. The second-order valence-electron chi connectivity index (χ2n) is 5.08. The zero-order valence-corrected chi connectivity index (χ0v) is 10.9. The maximum Gasteiger partial charge on any atom is 0.219 e. The number of rotatable bonds is 2. The first kappa shape index (κ1) is 13.1. The van der Waals surface area contributed by atoms with Crippen LogP contribution in [0.15, 0.2) is 30.3 Å². The summed E-state index contributed by atoms with van der Waals surface area (Å²) < 4.78 is 0. The van der Waals surface area contributed by atoms with Crippen LogP contribution in [0.1, 0.15) is 37.8 Å². The van der Waals surface area contributed by atoms with Gasteiger partial charge < -0.3 is 10.0 Å². The smallest absolute Gasteiger partial charge is 0.219 e. The first-order valence-corrected chi connectivity index (χ1v) is 6.65. The number of amides is 1. The summed E-state index contributed by atoms with van der Waals surface area (Å²) in [5, 5.41) is 9.33. The van der Waals surface area contributed by atoms with E-state index in [1.807, 2.05) is 23.1 Å². The fourth-order valence-corrected chi connectivity index (χ4v) is 2.77. The number of benzene rings is 1. The van der Waals surface area contributed by atoms with Gasteiger partial charge in [0.05, 0.1) is 6.04 Å². The molecular weight excluding hydrogens is 226 g/mol. The Morgan fingerprint density at radius 3 is 2.67 bits per heavy atom. The van der Waals surface area contributed by atoms with Gasteiger partial charge in [0.25, 0.3) is 0 Å². The van der Waals surface area contributed by atoms with Gasteiger partial charge in [-0.1, -0.05) is 36.8 Å². The average molecular weight is 247 g/mol. The van der Waals surface area contributed by atoms with Crippen molar-refractivity contribution in [1.82, 2.24) is 4.90 Å². The molecule has 3 heteroatoms. The normalized spacial score (nSPS) is 24.7. The number of aliphatic hydroxyl groups is 1. The van der Waals surface area contributed by atoms with Gasteiger partial charge >= 0.3 is 0 Å². The van der Waals surface area contributed by atoms with Gasteiger partial charge in [-0.2, -0.15) is 0 Å². The lowest BCUT2D eigenvalue weighted by Crippen LogP contribution is -2.36. The van der Waals surface area contributed by atoms with E-state index in [1.54, 1.807) is 6.92 Å². The molecule has 1 N–H and O–H groups in total. The number of aliphatic hydroxyl groups excluding tert-OH is 1. The Morgan fingerprint density at radius 2 is 2.06 bits per heavy atom. The minimum atomic E-state index is 0.101. The molecule has 0 radical (unpaired) electrons. The van der Waals surface area contributed by atoms with E-state index < -0.39 is 0 Å². The van der Waals surface area contributed by atoms with E-state index in [9.17, 15) is 9.90 Å². The summed E-state index contributed by atoms with van der Waals surface area (Å²) in [6.07, 6.45) is 3.05. The van der Waals surface area contributed by atoms with Crippen LogP contribution in [0, 0.1) is 5.92 Å². The van der Waals surface area contributed by atoms with Gasteiger partial charge in [0.2, 0.25) is 5.91 Å². The van der Waals surface area contributed by atoms with Crippen molar-refractivity contribution < 1.29 is 9.90 Å². The lowest BCUT2D eigenvalue weighted by atomic mass is 10.0. The second-order valence-corrected chi connectivity index (χ2v) is 5.08. The molecule has 1 aromatic rings. The molecular formula is C15H21NO2. The summed E-state index contributed by atoms with van der Waals surface area (Å²) in [7, 11) is 0. The standard InChI is InChI=1S/C15H21NO2/c1-12(18)16-10-13(11-17)6-5-9-15(16)14-7-3-2-4-8-14/h2-4,7-8,13,15,17H,5-6,9-11H2,1H3. The van der Waals surface area contributed by atoms with Crippen molar-refractivity contribution in [1.29, 1.82) is 0 Å². The third-order valence-electron chi connectivity index (χ3n) is 3.77. The summed E-state index contributed by atoms with van der Waals surface area (Å²) in [4.78, 5) is 13.8. The molecule has 18 heavy (non-hydrogen) atoms. The van der Waals surface area contributed by atoms with Crippen molar-refractivity contribution in [2.24, 2.45) is 5.92 Å². The van der Waals surface area contributed by atoms with Crippen LogP contribution in [0.3, 0.4) is 0 Å². The molecule has 1 fully saturated rings. The summed E-state index contributed by atoms with van der Waals surface area (Å²) in [6.45, 7) is 2.46. The summed E-state index contributed by atoms with van der Waals surface area (Å²) >= 11 is 0. The average Bonchev–Trinajstić information content (AvgIpc) is 2.62. The molecule has 0 aromatic heterocycles. The van der Waals surface area contributed by atoms with Crippen molar-refractivity contribution in [3.05, 3.63) is 35.9 Å². The number of carbonyl (C=O) groups excluding carboxylic acids is 1. The number of hydrogen-bond acceptors (Lipinski definition) is 2. The minimum Gasteiger partial charge on any atom is -0.396 e. The first-order chi connectivity index (χ1) is 8.72. The van der Waals surface area contributed by atoms with E-state index in [0.717, 1.165) is 19.3 Å². The predicted molar refractivity (Wildman–Crippen MR) is 71.0 cm³/mol. The van der Waals surface area contributed by atoms with Crippen LogP contribution in [0.25, 0.3) is 0 Å². The van der Waals surface area contributed by atoms with Gasteiger partial charge in [-0.05, 0) is 24.3 Å². The Bertz CT molecular complexity index is 391. The summed E-state index contributed by atoms with van der Waals surface area (Å²) in [5.74, 6) is 0.326. The molecule has 3 nitrogen and oxygen atoms in total. The number of nitrogens with zero attached hydrogens (tertiary/aromatic N) is 1. The molecule has 2 unspecified atom stereocenters. The van der Waals surface area contributed by atoms with E-state index in [4.69, 9.17) is 0 Å². The van der Waals surface area contributed by atoms with E-state index >= 15 is 0 Å². The third kappa shape index (κ3) is 2.91. The fraction of sp³-hybridized carbons (Fsp3) is 0.533. The topological polar surface area (TPSA) is 40.5 Å². The minimum absolute atomic E-state index is 0.101. The highest BCUT2D eigenvalue weighted by molar-refractivity contribution is 5.74. The van der Waals surface area contributed by atoms with Crippen molar-refractivity contribution in [2.45, 2.75) is 32.2 Å². The molecule has 98 valence electrons. The number of likely N-dealkylation sites (tertiary alicyclic amines) is 1. The van der Waals surface area contributed by atoms with Gasteiger partial charge in [-0.15, -0.1) is 0 Å². The fourth-order valence-electron chi connectivity index (χ4n) is 2.77. The molecule has 2 atom stereocenters. The lowest BCUT2D eigenvalue weighted by molar-refractivity contribution is -0.132. The number of hydrogen-bond donors (Lipinski definition) is 1. The second kappa shape index (κ2) is 6.01. The van der Waals surface area contributed by atoms with Gasteiger partial charge in [-0.3, -0.25) is 4.79 Å². The zero-order valence-electron chi connectivity index (χ0n) is 10.9. The maximum atomic E-state index is 11.8. The molecule has 1 aliphatic heterocycles. The van der Waals surface area contributed by atoms with Crippen LogP contribution < -0.4 is 0 Å². The van der Waals surface area contributed by atoms with Crippen LogP contribution in [-0.2, 0) is 4.79 Å². The lowest BCUT2D eigenvalue weighted by Gasteiger charge is -2.31. The van der Waals surface area contributed by atoms with E-state index in [0.29, 0.717) is 6.54 Å². The van der Waals surface area contributed by atoms with Crippen molar-refractivity contribution >= 4 is 5.91 Å². The van der Waals surface area contributed by atoms with Crippen molar-refractivity contribution in [3.8, 4) is 0 Å². The van der Waals surface area contributed by atoms with Crippen LogP contribution in [0.4, 0.5) is 0 Å². The molecule has 0 saturated carbocycles. The number of carbonyl (C=O) groups is 1. The van der Waals surface area contributed by atoms with E-state index in [1.165, 1.54) is 5.56 Å². The molecule has 1 amide bonds. The van der Waals surface area contributed by atoms with Gasteiger partial charge in [0.15, 0.2) is 0 Å². The first-order valence-electron chi connectivity index (χ1n) is 6.65. The maximum absolute atomic E-state index is 11.8. The molecule has 0 spiro atoms.